The third kappa shape index (κ3) is 2.47. The molecule has 14 heavy (non-hydrogen) atoms. The molecule has 1 aliphatic heterocycles. The minimum absolute atomic E-state index is 0.565. The predicted octanol–water partition coefficient (Wildman–Crippen LogP) is 1.83. The third-order valence-electron chi connectivity index (χ3n) is 3.38. The van der Waals surface area contributed by atoms with E-state index in [9.17, 15) is 4.79 Å². The molecule has 1 N–H and O–H groups in total. The Bertz CT molecular complexity index is 217. The number of hydrogen-bond donors (Lipinski definition) is 1. The van der Waals surface area contributed by atoms with Gasteiger partial charge in [-0.2, -0.15) is 0 Å². The summed E-state index contributed by atoms with van der Waals surface area (Å²) in [5.74, 6) is 0.0597. The van der Waals surface area contributed by atoms with Gasteiger partial charge in [-0.1, -0.05) is 13.8 Å². The number of hydrogen-bond acceptors (Lipinski definition) is 2. The van der Waals surface area contributed by atoms with Crippen LogP contribution >= 0.6 is 0 Å². The Morgan fingerprint density at radius 3 is 2.64 bits per heavy atom. The minimum atomic E-state index is -0.667. The molecule has 0 amide bonds. The lowest BCUT2D eigenvalue weighted by atomic mass is 9.87. The molecule has 2 unspecified atom stereocenters. The summed E-state index contributed by atoms with van der Waals surface area (Å²) in [6.45, 7) is 8.84. The summed E-state index contributed by atoms with van der Waals surface area (Å²) in [5, 5.41) is 9.13. The van der Waals surface area contributed by atoms with Crippen molar-refractivity contribution in [3.05, 3.63) is 0 Å². The summed E-state index contributed by atoms with van der Waals surface area (Å²) < 4.78 is 0. The fourth-order valence-electron chi connectivity index (χ4n) is 1.99. The Labute approximate surface area is 86.1 Å². The van der Waals surface area contributed by atoms with Crippen LogP contribution in [0, 0.1) is 11.3 Å². The second-order valence-corrected chi connectivity index (χ2v) is 4.85. The first-order valence-electron chi connectivity index (χ1n) is 5.43. The summed E-state index contributed by atoms with van der Waals surface area (Å²) in [6, 6.07) is 0. The fourth-order valence-corrected chi connectivity index (χ4v) is 1.99. The van der Waals surface area contributed by atoms with Crippen molar-refractivity contribution in [2.24, 2.45) is 11.3 Å². The maximum atomic E-state index is 11.1. The van der Waals surface area contributed by atoms with Gasteiger partial charge in [0.1, 0.15) is 0 Å². The lowest BCUT2D eigenvalue weighted by molar-refractivity contribution is -0.149. The van der Waals surface area contributed by atoms with Crippen LogP contribution in [0.15, 0.2) is 0 Å². The van der Waals surface area contributed by atoms with E-state index in [1.54, 1.807) is 0 Å². The van der Waals surface area contributed by atoms with E-state index in [4.69, 9.17) is 5.11 Å². The molecule has 1 heterocycles. The fraction of sp³-hybridized carbons (Fsp3) is 0.909. The molecule has 0 saturated carbocycles. The van der Waals surface area contributed by atoms with Crippen LogP contribution in [0.2, 0.25) is 0 Å². The molecule has 82 valence electrons. The van der Waals surface area contributed by atoms with Crippen molar-refractivity contribution < 1.29 is 9.90 Å². The van der Waals surface area contributed by atoms with Crippen molar-refractivity contribution in [2.75, 3.05) is 19.6 Å². The van der Waals surface area contributed by atoms with Gasteiger partial charge in [0.15, 0.2) is 0 Å². The standard InChI is InChI=1S/C11H21NO2/c1-4-11(3,10(13)14)8-12-6-5-9(2)7-12/h9H,4-8H2,1-3H3,(H,13,14). The molecule has 1 saturated heterocycles. The smallest absolute Gasteiger partial charge is 0.310 e. The minimum Gasteiger partial charge on any atom is -0.481 e. The lowest BCUT2D eigenvalue weighted by Crippen LogP contribution is -2.39. The quantitative estimate of drug-likeness (QED) is 0.751. The van der Waals surface area contributed by atoms with Crippen LogP contribution in [0.3, 0.4) is 0 Å². The zero-order chi connectivity index (χ0) is 10.8. The molecule has 0 bridgehead atoms. The number of likely N-dealkylation sites (tertiary alicyclic amines) is 1. The van der Waals surface area contributed by atoms with E-state index in [2.05, 4.69) is 11.8 Å². The van der Waals surface area contributed by atoms with Crippen LogP contribution in [-0.2, 0) is 4.79 Å². The first-order chi connectivity index (χ1) is 6.48. The molecule has 1 aliphatic rings. The maximum Gasteiger partial charge on any atom is 0.310 e. The highest BCUT2D eigenvalue weighted by molar-refractivity contribution is 5.74. The molecule has 3 heteroatoms. The predicted molar refractivity (Wildman–Crippen MR) is 56.3 cm³/mol. The van der Waals surface area contributed by atoms with Gasteiger partial charge in [0.25, 0.3) is 0 Å². The number of carboxylic acids is 1. The maximum absolute atomic E-state index is 11.1. The van der Waals surface area contributed by atoms with Crippen molar-refractivity contribution in [2.45, 2.75) is 33.6 Å². The van der Waals surface area contributed by atoms with Crippen LogP contribution in [0.5, 0.6) is 0 Å². The van der Waals surface area contributed by atoms with Crippen LogP contribution in [0.4, 0.5) is 0 Å². The molecule has 0 aliphatic carbocycles. The molecule has 1 rings (SSSR count). The normalized spacial score (nSPS) is 27.5. The Morgan fingerprint density at radius 1 is 1.64 bits per heavy atom. The summed E-state index contributed by atoms with van der Waals surface area (Å²) in [7, 11) is 0. The van der Waals surface area contributed by atoms with Gasteiger partial charge in [0, 0.05) is 13.1 Å². The van der Waals surface area contributed by atoms with Crippen LogP contribution in [-0.4, -0.2) is 35.6 Å². The van der Waals surface area contributed by atoms with Crippen molar-refractivity contribution in [3.8, 4) is 0 Å². The SMILES string of the molecule is CCC(C)(CN1CCC(C)C1)C(=O)O. The number of carbonyl (C=O) groups is 1. The number of carboxylic acid groups (broad SMARTS) is 1. The van der Waals surface area contributed by atoms with E-state index < -0.39 is 11.4 Å². The number of aliphatic carboxylic acids is 1. The number of nitrogens with zero attached hydrogens (tertiary/aromatic N) is 1. The Hall–Kier alpha value is -0.570. The summed E-state index contributed by atoms with van der Waals surface area (Å²) in [4.78, 5) is 13.4. The number of rotatable bonds is 4. The lowest BCUT2D eigenvalue weighted by Gasteiger charge is -2.28. The molecule has 1 fully saturated rings. The Kier molecular flexibility index (Phi) is 3.53. The second kappa shape index (κ2) is 4.30. The average molecular weight is 199 g/mol. The first kappa shape index (κ1) is 11.5. The molecule has 0 radical (unpaired) electrons. The molecule has 2 atom stereocenters. The average Bonchev–Trinajstić information content (AvgIpc) is 2.50. The topological polar surface area (TPSA) is 40.5 Å². The van der Waals surface area contributed by atoms with Gasteiger partial charge >= 0.3 is 5.97 Å². The monoisotopic (exact) mass is 199 g/mol. The van der Waals surface area contributed by atoms with Gasteiger partial charge in [-0.3, -0.25) is 4.79 Å². The van der Waals surface area contributed by atoms with Crippen LogP contribution < -0.4 is 0 Å². The van der Waals surface area contributed by atoms with E-state index in [1.165, 1.54) is 6.42 Å². The zero-order valence-electron chi connectivity index (χ0n) is 9.42. The molecular weight excluding hydrogens is 178 g/mol. The van der Waals surface area contributed by atoms with Crippen molar-refractivity contribution in [1.82, 2.24) is 4.90 Å². The first-order valence-corrected chi connectivity index (χ1v) is 5.43. The third-order valence-corrected chi connectivity index (χ3v) is 3.38. The van der Waals surface area contributed by atoms with Crippen molar-refractivity contribution >= 4 is 5.97 Å². The van der Waals surface area contributed by atoms with E-state index in [1.807, 2.05) is 13.8 Å². The molecular formula is C11H21NO2. The Morgan fingerprint density at radius 2 is 2.29 bits per heavy atom. The van der Waals surface area contributed by atoms with Gasteiger partial charge in [0.2, 0.25) is 0 Å². The molecule has 0 aromatic carbocycles. The molecule has 0 aromatic rings. The Balaban J connectivity index is 2.52. The van der Waals surface area contributed by atoms with Gasteiger partial charge in [-0.05, 0) is 32.2 Å². The van der Waals surface area contributed by atoms with Crippen molar-refractivity contribution in [3.63, 3.8) is 0 Å². The molecule has 0 aromatic heterocycles. The van der Waals surface area contributed by atoms with Crippen molar-refractivity contribution in [1.29, 1.82) is 0 Å². The van der Waals surface area contributed by atoms with Gasteiger partial charge < -0.3 is 10.0 Å². The highest BCUT2D eigenvalue weighted by Gasteiger charge is 2.34. The van der Waals surface area contributed by atoms with Crippen LogP contribution in [0.25, 0.3) is 0 Å². The van der Waals surface area contributed by atoms with Crippen LogP contribution in [0.1, 0.15) is 33.6 Å². The highest BCUT2D eigenvalue weighted by atomic mass is 16.4. The second-order valence-electron chi connectivity index (χ2n) is 4.85. The van der Waals surface area contributed by atoms with E-state index in [0.717, 1.165) is 19.0 Å². The van der Waals surface area contributed by atoms with E-state index >= 15 is 0 Å². The summed E-state index contributed by atoms with van der Waals surface area (Å²) in [5.41, 5.74) is -0.565. The molecule has 3 nitrogen and oxygen atoms in total. The van der Waals surface area contributed by atoms with E-state index in [-0.39, 0.29) is 0 Å². The molecule has 0 spiro atoms. The van der Waals surface area contributed by atoms with E-state index in [0.29, 0.717) is 13.0 Å². The van der Waals surface area contributed by atoms with Gasteiger partial charge in [-0.15, -0.1) is 0 Å². The summed E-state index contributed by atoms with van der Waals surface area (Å²) >= 11 is 0. The van der Waals surface area contributed by atoms with Gasteiger partial charge in [-0.25, -0.2) is 0 Å². The highest BCUT2D eigenvalue weighted by Crippen LogP contribution is 2.26. The van der Waals surface area contributed by atoms with Gasteiger partial charge in [0.05, 0.1) is 5.41 Å². The summed E-state index contributed by atoms with van der Waals surface area (Å²) in [6.07, 6.45) is 1.91. The zero-order valence-corrected chi connectivity index (χ0v) is 9.42. The largest absolute Gasteiger partial charge is 0.481 e.